The van der Waals surface area contributed by atoms with E-state index in [9.17, 15) is 0 Å². The van der Waals surface area contributed by atoms with Gasteiger partial charge in [0.25, 0.3) is 0 Å². The molecular weight excluding hydrogens is 266 g/mol. The molecule has 1 aromatic carbocycles. The maximum absolute atomic E-state index is 6.07. The summed E-state index contributed by atoms with van der Waals surface area (Å²) in [5.41, 5.74) is 7.18. The third-order valence-corrected chi connectivity index (χ3v) is 4.38. The van der Waals surface area contributed by atoms with Crippen LogP contribution in [0.2, 0.25) is 0 Å². The van der Waals surface area contributed by atoms with Crippen molar-refractivity contribution >= 4 is 0 Å². The van der Waals surface area contributed by atoms with Gasteiger partial charge in [0.15, 0.2) is 0 Å². The topological polar surface area (TPSA) is 51.0 Å². The van der Waals surface area contributed by atoms with Gasteiger partial charge in [-0.2, -0.15) is 0 Å². The Bertz CT molecular complexity index is 465. The second kappa shape index (κ2) is 7.11. The summed E-state index contributed by atoms with van der Waals surface area (Å²) < 4.78 is 10.9. The molecule has 0 spiro atoms. The summed E-state index contributed by atoms with van der Waals surface area (Å²) in [5.74, 6) is 1.71. The number of ether oxygens (including phenoxy) is 2. The third-order valence-electron chi connectivity index (χ3n) is 4.38. The number of likely N-dealkylation sites (N-methyl/N-ethyl adjacent to an activating group) is 1. The lowest BCUT2D eigenvalue weighted by Gasteiger charge is -2.29. The van der Waals surface area contributed by atoms with E-state index in [2.05, 4.69) is 23.9 Å². The van der Waals surface area contributed by atoms with Gasteiger partial charge >= 0.3 is 0 Å². The number of hydrogen-bond acceptors (Lipinski definition) is 5. The van der Waals surface area contributed by atoms with E-state index in [1.165, 1.54) is 6.42 Å². The van der Waals surface area contributed by atoms with E-state index in [0.717, 1.165) is 30.2 Å². The Morgan fingerprint density at radius 1 is 1.33 bits per heavy atom. The number of rotatable bonds is 6. The first kappa shape index (κ1) is 16.1. The summed E-state index contributed by atoms with van der Waals surface area (Å²) in [6.45, 7) is 2.67. The fourth-order valence-electron chi connectivity index (χ4n) is 3.05. The first-order valence-electron chi connectivity index (χ1n) is 7.43. The zero-order chi connectivity index (χ0) is 15.4. The van der Waals surface area contributed by atoms with Crippen molar-refractivity contribution in [2.75, 3.05) is 47.9 Å². The fourth-order valence-corrected chi connectivity index (χ4v) is 3.05. The van der Waals surface area contributed by atoms with E-state index in [1.54, 1.807) is 14.2 Å². The average Bonchev–Trinajstić information content (AvgIpc) is 2.98. The van der Waals surface area contributed by atoms with E-state index in [-0.39, 0.29) is 6.04 Å². The molecule has 2 rings (SSSR count). The van der Waals surface area contributed by atoms with Gasteiger partial charge in [0, 0.05) is 31.2 Å². The molecule has 0 aliphatic carbocycles. The molecular formula is C16H27N3O2. The van der Waals surface area contributed by atoms with Gasteiger partial charge in [0.2, 0.25) is 0 Å². The lowest BCUT2D eigenvalue weighted by molar-refractivity contribution is 0.216. The van der Waals surface area contributed by atoms with Crippen molar-refractivity contribution in [1.29, 1.82) is 0 Å². The van der Waals surface area contributed by atoms with Crippen molar-refractivity contribution in [3.8, 4) is 11.5 Å². The summed E-state index contributed by atoms with van der Waals surface area (Å²) >= 11 is 0. The molecule has 118 valence electrons. The maximum Gasteiger partial charge on any atom is 0.123 e. The smallest absolute Gasteiger partial charge is 0.123 e. The average molecular weight is 293 g/mol. The summed E-state index contributed by atoms with van der Waals surface area (Å²) in [6.07, 6.45) is 1.18. The molecule has 1 saturated heterocycles. The molecule has 0 bridgehead atoms. The number of likely N-dealkylation sites (tertiary alicyclic amines) is 1. The van der Waals surface area contributed by atoms with Crippen molar-refractivity contribution in [3.05, 3.63) is 23.8 Å². The number of nitrogens with two attached hydrogens (primary N) is 1. The first-order valence-corrected chi connectivity index (χ1v) is 7.43. The van der Waals surface area contributed by atoms with Gasteiger partial charge < -0.3 is 20.1 Å². The van der Waals surface area contributed by atoms with Crippen LogP contribution in [0.3, 0.4) is 0 Å². The molecule has 2 unspecified atom stereocenters. The molecule has 0 amide bonds. The number of nitrogens with zero attached hydrogens (tertiary/aromatic N) is 2. The van der Waals surface area contributed by atoms with Gasteiger partial charge in [0.05, 0.1) is 20.3 Å². The standard InChI is InChI=1S/C16H27N3O2/c1-18(2)12-7-8-19(11-12)15(10-17)14-9-13(20-3)5-6-16(14)21-4/h5-6,9,12,15H,7-8,10-11,17H2,1-4H3. The van der Waals surface area contributed by atoms with Crippen molar-refractivity contribution in [2.24, 2.45) is 5.73 Å². The van der Waals surface area contributed by atoms with Crippen molar-refractivity contribution in [3.63, 3.8) is 0 Å². The normalized spacial score (nSPS) is 20.8. The first-order chi connectivity index (χ1) is 10.1. The zero-order valence-corrected chi connectivity index (χ0v) is 13.5. The van der Waals surface area contributed by atoms with Crippen LogP contribution < -0.4 is 15.2 Å². The molecule has 2 N–H and O–H groups in total. The molecule has 5 heteroatoms. The highest BCUT2D eigenvalue weighted by molar-refractivity contribution is 5.42. The van der Waals surface area contributed by atoms with Crippen LogP contribution in [0, 0.1) is 0 Å². The van der Waals surface area contributed by atoms with Crippen LogP contribution in [0.1, 0.15) is 18.0 Å². The van der Waals surface area contributed by atoms with Crippen LogP contribution in [-0.2, 0) is 0 Å². The van der Waals surface area contributed by atoms with Crippen LogP contribution in [-0.4, -0.2) is 63.8 Å². The lowest BCUT2D eigenvalue weighted by Crippen LogP contribution is -2.36. The predicted octanol–water partition coefficient (Wildman–Crippen LogP) is 1.34. The molecule has 1 aromatic rings. The minimum absolute atomic E-state index is 0.167. The molecule has 0 aromatic heterocycles. The van der Waals surface area contributed by atoms with Gasteiger partial charge in [-0.15, -0.1) is 0 Å². The summed E-state index contributed by atoms with van der Waals surface area (Å²) in [7, 11) is 7.65. The molecule has 0 saturated carbocycles. The highest BCUT2D eigenvalue weighted by Gasteiger charge is 2.31. The Morgan fingerprint density at radius 2 is 2.10 bits per heavy atom. The second-order valence-corrected chi connectivity index (χ2v) is 5.76. The summed E-state index contributed by atoms with van der Waals surface area (Å²) in [5, 5.41) is 0. The number of benzene rings is 1. The number of hydrogen-bond donors (Lipinski definition) is 1. The monoisotopic (exact) mass is 293 g/mol. The van der Waals surface area contributed by atoms with Gasteiger partial charge in [0.1, 0.15) is 11.5 Å². The Kier molecular flexibility index (Phi) is 5.45. The van der Waals surface area contributed by atoms with E-state index in [0.29, 0.717) is 12.6 Å². The van der Waals surface area contributed by atoms with Crippen LogP contribution in [0.15, 0.2) is 18.2 Å². The van der Waals surface area contributed by atoms with Crippen LogP contribution >= 0.6 is 0 Å². The van der Waals surface area contributed by atoms with Crippen LogP contribution in [0.5, 0.6) is 11.5 Å². The molecule has 1 heterocycles. The molecule has 1 aliphatic heterocycles. The maximum atomic E-state index is 6.07. The molecule has 21 heavy (non-hydrogen) atoms. The quantitative estimate of drug-likeness (QED) is 0.858. The summed E-state index contributed by atoms with van der Waals surface area (Å²) in [4.78, 5) is 4.73. The van der Waals surface area contributed by atoms with E-state index < -0.39 is 0 Å². The summed E-state index contributed by atoms with van der Waals surface area (Å²) in [6, 6.07) is 6.67. The highest BCUT2D eigenvalue weighted by atomic mass is 16.5. The van der Waals surface area contributed by atoms with Gasteiger partial charge in [-0.25, -0.2) is 0 Å². The van der Waals surface area contributed by atoms with Gasteiger partial charge in [-0.1, -0.05) is 0 Å². The van der Waals surface area contributed by atoms with Crippen LogP contribution in [0.4, 0.5) is 0 Å². The van der Waals surface area contributed by atoms with Crippen molar-refractivity contribution in [2.45, 2.75) is 18.5 Å². The predicted molar refractivity (Wildman–Crippen MR) is 85.0 cm³/mol. The van der Waals surface area contributed by atoms with Crippen molar-refractivity contribution < 1.29 is 9.47 Å². The van der Waals surface area contributed by atoms with E-state index >= 15 is 0 Å². The molecule has 1 fully saturated rings. The lowest BCUT2D eigenvalue weighted by atomic mass is 10.0. The minimum Gasteiger partial charge on any atom is -0.497 e. The molecule has 0 radical (unpaired) electrons. The Hall–Kier alpha value is -1.30. The minimum atomic E-state index is 0.167. The van der Waals surface area contributed by atoms with E-state index in [1.807, 2.05) is 18.2 Å². The SMILES string of the molecule is COc1ccc(OC)c(C(CN)N2CCC(N(C)C)C2)c1. The Labute approximate surface area is 127 Å². The van der Waals surface area contributed by atoms with Gasteiger partial charge in [-0.3, -0.25) is 4.90 Å². The van der Waals surface area contributed by atoms with E-state index in [4.69, 9.17) is 15.2 Å². The second-order valence-electron chi connectivity index (χ2n) is 5.76. The molecule has 2 atom stereocenters. The highest BCUT2D eigenvalue weighted by Crippen LogP contribution is 2.34. The Balaban J connectivity index is 2.25. The molecule has 1 aliphatic rings. The van der Waals surface area contributed by atoms with Crippen molar-refractivity contribution in [1.82, 2.24) is 9.80 Å². The Morgan fingerprint density at radius 3 is 2.62 bits per heavy atom. The number of methoxy groups -OCH3 is 2. The van der Waals surface area contributed by atoms with Gasteiger partial charge in [-0.05, 0) is 38.7 Å². The molecule has 5 nitrogen and oxygen atoms in total. The fraction of sp³-hybridized carbons (Fsp3) is 0.625. The largest absolute Gasteiger partial charge is 0.497 e. The third kappa shape index (κ3) is 3.48. The van der Waals surface area contributed by atoms with Crippen LogP contribution in [0.25, 0.3) is 0 Å². The zero-order valence-electron chi connectivity index (χ0n) is 13.5.